The van der Waals surface area contributed by atoms with Crippen molar-refractivity contribution in [2.45, 2.75) is 52.5 Å². The molecule has 222 valence electrons. The number of ether oxygens (including phenoxy) is 1. The number of aromatic hydroxyl groups is 3. The van der Waals surface area contributed by atoms with Crippen molar-refractivity contribution in [1.82, 2.24) is 20.2 Å². The summed E-state index contributed by atoms with van der Waals surface area (Å²) in [5.41, 5.74) is -1.59. The average Bonchev–Trinajstić information content (AvgIpc) is 3.51. The summed E-state index contributed by atoms with van der Waals surface area (Å²) in [7, 11) is 0. The average molecular weight is 590 g/mol. The quantitative estimate of drug-likeness (QED) is 0.111. The molecule has 0 saturated heterocycles. The van der Waals surface area contributed by atoms with Crippen molar-refractivity contribution >= 4 is 29.0 Å². The van der Waals surface area contributed by atoms with Crippen molar-refractivity contribution in [3.8, 4) is 34.4 Å². The highest BCUT2D eigenvalue weighted by atomic mass is 16.5. The van der Waals surface area contributed by atoms with E-state index in [1.165, 1.54) is 50.7 Å². The van der Waals surface area contributed by atoms with Crippen LogP contribution >= 0.6 is 0 Å². The SMILES string of the molecule is CC(=O)c1c(O)c(C)c(O)c2c1OC1=CC(=O)C(=C(C)Nc3cc(-c4nnn(CCCC(=O)O)n4)ccc3O)C(=O)C12C. The zero-order chi connectivity index (χ0) is 31.4. The second kappa shape index (κ2) is 10.4. The van der Waals surface area contributed by atoms with Crippen molar-refractivity contribution in [1.29, 1.82) is 0 Å². The predicted molar refractivity (Wildman–Crippen MR) is 149 cm³/mol. The van der Waals surface area contributed by atoms with Crippen LogP contribution in [0, 0.1) is 6.92 Å². The Kier molecular flexibility index (Phi) is 7.00. The van der Waals surface area contributed by atoms with Crippen molar-refractivity contribution in [2.24, 2.45) is 0 Å². The highest BCUT2D eigenvalue weighted by Crippen LogP contribution is 2.57. The van der Waals surface area contributed by atoms with E-state index < -0.39 is 40.2 Å². The summed E-state index contributed by atoms with van der Waals surface area (Å²) in [5.74, 6) is -4.15. The van der Waals surface area contributed by atoms with E-state index in [1.54, 1.807) is 0 Å². The lowest BCUT2D eigenvalue weighted by molar-refractivity contribution is -0.137. The van der Waals surface area contributed by atoms with Crippen LogP contribution in [0.15, 0.2) is 41.3 Å². The number of anilines is 1. The second-order valence-corrected chi connectivity index (χ2v) is 10.4. The van der Waals surface area contributed by atoms with Gasteiger partial charge in [-0.05, 0) is 57.5 Å². The molecule has 0 bridgehead atoms. The van der Waals surface area contributed by atoms with Crippen LogP contribution in [0.1, 0.15) is 55.1 Å². The number of phenols is 3. The number of aliphatic carboxylic acids is 1. The van der Waals surface area contributed by atoms with Gasteiger partial charge in [-0.1, -0.05) is 0 Å². The third kappa shape index (κ3) is 4.66. The first kappa shape index (κ1) is 29.0. The Labute approximate surface area is 243 Å². The minimum atomic E-state index is -1.69. The number of carboxylic acids is 1. The minimum absolute atomic E-state index is 0.0192. The number of benzene rings is 2. The number of ketones is 3. The van der Waals surface area contributed by atoms with E-state index in [1.807, 2.05) is 0 Å². The van der Waals surface area contributed by atoms with Crippen LogP contribution in [0.3, 0.4) is 0 Å². The molecule has 1 atom stereocenters. The lowest BCUT2D eigenvalue weighted by atomic mass is 9.70. The first-order valence-electron chi connectivity index (χ1n) is 13.2. The lowest BCUT2D eigenvalue weighted by Gasteiger charge is -2.29. The summed E-state index contributed by atoms with van der Waals surface area (Å²) in [6, 6.07) is 4.39. The highest BCUT2D eigenvalue weighted by molar-refractivity contribution is 6.31. The van der Waals surface area contributed by atoms with E-state index in [0.29, 0.717) is 12.0 Å². The standard InChI is InChI=1S/C29H27N5O9/c1-12-24(40)22(14(3)35)26-23(25(12)41)29(4)19(43-26)11-18(37)21(27(29)42)13(2)30-16-10-15(7-8-17(16)36)28-31-33-34(32-28)9-5-6-20(38)39/h7-8,10-11,30,36,40-41H,5-6,9H2,1-4H3,(H,38,39). The number of hydrogen-bond donors (Lipinski definition) is 5. The third-order valence-electron chi connectivity index (χ3n) is 7.54. The van der Waals surface area contributed by atoms with Gasteiger partial charge in [0.1, 0.15) is 39.7 Å². The van der Waals surface area contributed by atoms with E-state index in [-0.39, 0.29) is 69.7 Å². The molecular formula is C29H27N5O9. The molecule has 2 aromatic carbocycles. The maximum atomic E-state index is 14.0. The number of phenolic OH excluding ortho intramolecular Hbond substituents is 3. The van der Waals surface area contributed by atoms with Gasteiger partial charge in [-0.25, -0.2) is 0 Å². The third-order valence-corrected chi connectivity index (χ3v) is 7.54. The molecule has 1 aliphatic heterocycles. The number of hydrogen-bond acceptors (Lipinski definition) is 12. The number of rotatable bonds is 8. The Morgan fingerprint density at radius 3 is 2.51 bits per heavy atom. The van der Waals surface area contributed by atoms with Gasteiger partial charge in [0.15, 0.2) is 17.3 Å². The summed E-state index contributed by atoms with van der Waals surface area (Å²) in [6.45, 7) is 5.76. The monoisotopic (exact) mass is 589 g/mol. The van der Waals surface area contributed by atoms with Crippen LogP contribution in [0.2, 0.25) is 0 Å². The van der Waals surface area contributed by atoms with Crippen molar-refractivity contribution in [3.63, 3.8) is 0 Å². The van der Waals surface area contributed by atoms with E-state index >= 15 is 0 Å². The Balaban J connectivity index is 1.51. The van der Waals surface area contributed by atoms with Gasteiger partial charge in [0.05, 0.1) is 23.4 Å². The molecule has 5 N–H and O–H groups in total. The number of nitrogens with one attached hydrogen (secondary N) is 1. The molecule has 2 heterocycles. The van der Waals surface area contributed by atoms with Crippen molar-refractivity contribution in [3.05, 3.63) is 58.0 Å². The molecule has 0 saturated carbocycles. The fourth-order valence-electron chi connectivity index (χ4n) is 5.23. The Hall–Kier alpha value is -5.53. The van der Waals surface area contributed by atoms with Crippen LogP contribution in [0.4, 0.5) is 5.69 Å². The number of aromatic nitrogens is 4. The number of Topliss-reactive ketones (excluding diaryl/α,β-unsaturated/α-hetero) is 2. The normalized spacial score (nSPS) is 18.5. The van der Waals surface area contributed by atoms with Crippen LogP contribution in [-0.2, 0) is 26.3 Å². The van der Waals surface area contributed by atoms with Crippen LogP contribution < -0.4 is 10.1 Å². The molecule has 14 heteroatoms. The number of aryl methyl sites for hydroxylation is 1. The molecule has 0 spiro atoms. The molecule has 14 nitrogen and oxygen atoms in total. The Morgan fingerprint density at radius 1 is 1.12 bits per heavy atom. The summed E-state index contributed by atoms with van der Waals surface area (Å²) in [4.78, 5) is 51.7. The van der Waals surface area contributed by atoms with Gasteiger partial charge in [-0.3, -0.25) is 19.2 Å². The summed E-state index contributed by atoms with van der Waals surface area (Å²) in [6.07, 6.45) is 1.35. The smallest absolute Gasteiger partial charge is 0.303 e. The summed E-state index contributed by atoms with van der Waals surface area (Å²) < 4.78 is 5.78. The second-order valence-electron chi connectivity index (χ2n) is 10.4. The number of carbonyl (C=O) groups excluding carboxylic acids is 3. The number of carboxylic acid groups (broad SMARTS) is 1. The topological polar surface area (TPSA) is 214 Å². The van der Waals surface area contributed by atoms with Crippen LogP contribution in [-0.4, -0.2) is 64.0 Å². The fourth-order valence-corrected chi connectivity index (χ4v) is 5.23. The predicted octanol–water partition coefficient (Wildman–Crippen LogP) is 2.90. The molecule has 5 rings (SSSR count). The number of fused-ring (bicyclic) bond motifs is 3. The van der Waals surface area contributed by atoms with Gasteiger partial charge < -0.3 is 30.5 Å². The molecule has 1 unspecified atom stereocenters. The van der Waals surface area contributed by atoms with E-state index in [4.69, 9.17) is 9.84 Å². The van der Waals surface area contributed by atoms with Gasteiger partial charge in [-0.2, -0.15) is 4.80 Å². The minimum Gasteiger partial charge on any atom is -0.507 e. The van der Waals surface area contributed by atoms with Crippen molar-refractivity contribution < 1.29 is 44.3 Å². The molecular weight excluding hydrogens is 562 g/mol. The Bertz CT molecular complexity index is 1820. The van der Waals surface area contributed by atoms with Gasteiger partial charge >= 0.3 is 5.97 Å². The van der Waals surface area contributed by atoms with Crippen LogP contribution in [0.25, 0.3) is 11.4 Å². The summed E-state index contributed by atoms with van der Waals surface area (Å²) in [5, 5.41) is 55.9. The van der Waals surface area contributed by atoms with Gasteiger partial charge in [0.2, 0.25) is 5.82 Å². The highest BCUT2D eigenvalue weighted by Gasteiger charge is 2.56. The molecule has 1 aliphatic carbocycles. The zero-order valence-electron chi connectivity index (χ0n) is 23.5. The maximum Gasteiger partial charge on any atom is 0.303 e. The molecule has 1 aromatic heterocycles. The largest absolute Gasteiger partial charge is 0.507 e. The molecule has 0 radical (unpaired) electrons. The number of carbonyl (C=O) groups is 4. The number of nitrogens with zero attached hydrogens (tertiary/aromatic N) is 4. The molecule has 3 aromatic rings. The van der Waals surface area contributed by atoms with Crippen molar-refractivity contribution in [2.75, 3.05) is 5.32 Å². The molecule has 0 amide bonds. The van der Waals surface area contributed by atoms with Crippen LogP contribution in [0.5, 0.6) is 23.0 Å². The van der Waals surface area contributed by atoms with E-state index in [9.17, 15) is 34.5 Å². The molecule has 2 aliphatic rings. The van der Waals surface area contributed by atoms with Gasteiger partial charge in [-0.15, -0.1) is 10.2 Å². The van der Waals surface area contributed by atoms with E-state index in [0.717, 1.165) is 6.08 Å². The van der Waals surface area contributed by atoms with Gasteiger partial charge in [0.25, 0.3) is 0 Å². The molecule has 0 fully saturated rings. The first-order chi connectivity index (χ1) is 20.2. The number of tetrazole rings is 1. The zero-order valence-corrected chi connectivity index (χ0v) is 23.5. The Morgan fingerprint density at radius 2 is 1.84 bits per heavy atom. The number of allylic oxidation sites excluding steroid dienone is 4. The lowest BCUT2D eigenvalue weighted by Crippen LogP contribution is -2.40. The first-order valence-corrected chi connectivity index (χ1v) is 13.2. The maximum absolute atomic E-state index is 14.0. The fraction of sp³-hybridized carbons (Fsp3) is 0.276. The molecule has 43 heavy (non-hydrogen) atoms. The summed E-state index contributed by atoms with van der Waals surface area (Å²) >= 11 is 0. The van der Waals surface area contributed by atoms with E-state index in [2.05, 4.69) is 20.7 Å². The van der Waals surface area contributed by atoms with Gasteiger partial charge in [0, 0.05) is 29.3 Å².